The molecule has 1 unspecified atom stereocenters. The van der Waals surface area contributed by atoms with E-state index in [1.165, 1.54) is 26.4 Å². The van der Waals surface area contributed by atoms with Crippen molar-refractivity contribution in [3.8, 4) is 5.75 Å². The number of ketones is 1. The molecule has 1 aromatic heterocycles. The SMILES string of the molecule is CCCOc1cccc(C(O)=C2C(=O)C(=O)N(c3nc(C)c(C(=O)OC)s3)C2c2ccc(C(=O)OC)cc2)c1. The Morgan fingerprint density at radius 2 is 1.72 bits per heavy atom. The number of thiazole rings is 1. The summed E-state index contributed by atoms with van der Waals surface area (Å²) in [5, 5.41) is 11.5. The van der Waals surface area contributed by atoms with Gasteiger partial charge in [0.25, 0.3) is 5.78 Å². The van der Waals surface area contributed by atoms with Crippen molar-refractivity contribution < 1.29 is 38.5 Å². The van der Waals surface area contributed by atoms with Gasteiger partial charge in [0.2, 0.25) is 0 Å². The van der Waals surface area contributed by atoms with Crippen molar-refractivity contribution in [3.05, 3.63) is 81.4 Å². The first kappa shape index (κ1) is 27.5. The van der Waals surface area contributed by atoms with Gasteiger partial charge in [-0.15, -0.1) is 0 Å². The van der Waals surface area contributed by atoms with Gasteiger partial charge in [-0.1, -0.05) is 42.5 Å². The van der Waals surface area contributed by atoms with Gasteiger partial charge in [-0.05, 0) is 43.2 Å². The van der Waals surface area contributed by atoms with Crippen molar-refractivity contribution in [1.29, 1.82) is 0 Å². The van der Waals surface area contributed by atoms with Gasteiger partial charge in [-0.2, -0.15) is 0 Å². The van der Waals surface area contributed by atoms with E-state index in [2.05, 4.69) is 4.98 Å². The highest BCUT2D eigenvalue weighted by Crippen LogP contribution is 2.44. The van der Waals surface area contributed by atoms with E-state index in [9.17, 15) is 24.3 Å². The van der Waals surface area contributed by atoms with Crippen LogP contribution in [0.15, 0.2) is 54.1 Å². The van der Waals surface area contributed by atoms with Crippen molar-refractivity contribution in [1.82, 2.24) is 4.98 Å². The normalized spacial score (nSPS) is 16.3. The van der Waals surface area contributed by atoms with E-state index in [1.54, 1.807) is 43.3 Å². The molecule has 202 valence electrons. The number of carbonyl (C=O) groups is 4. The standard InChI is InChI=1S/C28H26N2O8S/c1-5-13-38-19-8-6-7-18(14-19)22(31)20-21(16-9-11-17(12-10-16)26(34)36-3)30(25(33)23(20)32)28-29-15(2)24(39-28)27(35)37-4/h6-12,14,21,31H,5,13H2,1-4H3. The maximum absolute atomic E-state index is 13.4. The van der Waals surface area contributed by atoms with E-state index in [-0.39, 0.29) is 26.7 Å². The van der Waals surface area contributed by atoms with E-state index in [0.29, 0.717) is 23.6 Å². The molecule has 0 bridgehead atoms. The molecule has 0 aliphatic carbocycles. The summed E-state index contributed by atoms with van der Waals surface area (Å²) in [7, 11) is 2.49. The topological polar surface area (TPSA) is 132 Å². The predicted octanol–water partition coefficient (Wildman–Crippen LogP) is 4.44. The molecular formula is C28H26N2O8S. The average Bonchev–Trinajstić information content (AvgIpc) is 3.47. The third-order valence-electron chi connectivity index (χ3n) is 6.03. The van der Waals surface area contributed by atoms with Gasteiger partial charge in [0, 0.05) is 5.56 Å². The van der Waals surface area contributed by atoms with E-state index >= 15 is 0 Å². The second-order valence-electron chi connectivity index (χ2n) is 8.56. The van der Waals surface area contributed by atoms with Gasteiger partial charge < -0.3 is 19.3 Å². The molecule has 10 nitrogen and oxygen atoms in total. The summed E-state index contributed by atoms with van der Waals surface area (Å²) in [4.78, 5) is 56.7. The van der Waals surface area contributed by atoms with Gasteiger partial charge in [0.1, 0.15) is 16.4 Å². The molecule has 3 aromatic rings. The van der Waals surface area contributed by atoms with Crippen LogP contribution in [0.25, 0.3) is 5.76 Å². The summed E-state index contributed by atoms with van der Waals surface area (Å²) in [5.41, 5.74) is 1.12. The molecule has 39 heavy (non-hydrogen) atoms. The number of Topliss-reactive ketones (excluding diaryl/α,β-unsaturated/α-hetero) is 1. The minimum atomic E-state index is -1.10. The minimum Gasteiger partial charge on any atom is -0.507 e. The van der Waals surface area contributed by atoms with Gasteiger partial charge in [0.15, 0.2) is 5.13 Å². The third-order valence-corrected chi connectivity index (χ3v) is 7.17. The van der Waals surface area contributed by atoms with Crippen LogP contribution >= 0.6 is 11.3 Å². The van der Waals surface area contributed by atoms with Crippen molar-refractivity contribution in [3.63, 3.8) is 0 Å². The Kier molecular flexibility index (Phi) is 8.10. The smallest absolute Gasteiger partial charge is 0.350 e. The number of esters is 2. The molecule has 0 radical (unpaired) electrons. The van der Waals surface area contributed by atoms with Crippen LogP contribution in [-0.4, -0.2) is 54.5 Å². The maximum atomic E-state index is 13.4. The Morgan fingerprint density at radius 1 is 1.03 bits per heavy atom. The number of amides is 1. The van der Waals surface area contributed by atoms with E-state index in [1.807, 2.05) is 6.92 Å². The summed E-state index contributed by atoms with van der Waals surface area (Å²) in [6.45, 7) is 4.01. The number of aromatic nitrogens is 1. The lowest BCUT2D eigenvalue weighted by atomic mass is 9.94. The lowest BCUT2D eigenvalue weighted by Gasteiger charge is -2.23. The number of ether oxygens (including phenoxy) is 3. The zero-order chi connectivity index (χ0) is 28.3. The van der Waals surface area contributed by atoms with E-state index in [0.717, 1.165) is 22.7 Å². The Balaban J connectivity index is 1.89. The van der Waals surface area contributed by atoms with Crippen LogP contribution in [0.2, 0.25) is 0 Å². The zero-order valence-corrected chi connectivity index (χ0v) is 22.5. The monoisotopic (exact) mass is 550 g/mol. The Labute approximate surface area is 228 Å². The minimum absolute atomic E-state index is 0.0797. The van der Waals surface area contributed by atoms with Crippen LogP contribution in [0, 0.1) is 6.92 Å². The molecular weight excluding hydrogens is 524 g/mol. The number of hydrogen-bond donors (Lipinski definition) is 1. The molecule has 1 saturated heterocycles. The number of aliphatic hydroxyl groups excluding tert-OH is 1. The number of hydrogen-bond acceptors (Lipinski definition) is 10. The van der Waals surface area contributed by atoms with Crippen molar-refractivity contribution >= 4 is 45.9 Å². The average molecular weight is 551 g/mol. The highest BCUT2D eigenvalue weighted by molar-refractivity contribution is 7.17. The van der Waals surface area contributed by atoms with Gasteiger partial charge >= 0.3 is 17.8 Å². The van der Waals surface area contributed by atoms with Crippen molar-refractivity contribution in [2.45, 2.75) is 26.3 Å². The van der Waals surface area contributed by atoms with Crippen LogP contribution in [0.5, 0.6) is 5.75 Å². The number of aliphatic hydroxyl groups is 1. The second kappa shape index (κ2) is 11.5. The fraction of sp³-hybridized carbons (Fsp3) is 0.250. The Bertz CT molecular complexity index is 1470. The van der Waals surface area contributed by atoms with Gasteiger partial charge in [0.05, 0.1) is 43.7 Å². The third kappa shape index (κ3) is 5.26. The molecule has 1 fully saturated rings. The molecule has 0 saturated carbocycles. The maximum Gasteiger partial charge on any atom is 0.350 e. The lowest BCUT2D eigenvalue weighted by Crippen LogP contribution is -2.29. The quantitative estimate of drug-likeness (QED) is 0.187. The predicted molar refractivity (Wildman–Crippen MR) is 143 cm³/mol. The molecule has 1 amide bonds. The van der Waals surface area contributed by atoms with Crippen molar-refractivity contribution in [2.24, 2.45) is 0 Å². The lowest BCUT2D eigenvalue weighted by molar-refractivity contribution is -0.132. The highest BCUT2D eigenvalue weighted by Gasteiger charge is 2.48. The summed E-state index contributed by atoms with van der Waals surface area (Å²) in [6.07, 6.45) is 0.781. The molecule has 11 heteroatoms. The van der Waals surface area contributed by atoms with E-state index < -0.39 is 35.4 Å². The van der Waals surface area contributed by atoms with E-state index in [4.69, 9.17) is 14.2 Å². The van der Waals surface area contributed by atoms with Crippen LogP contribution in [0.4, 0.5) is 5.13 Å². The number of anilines is 1. The van der Waals surface area contributed by atoms with Gasteiger partial charge in [-0.25, -0.2) is 14.6 Å². The number of nitrogens with zero attached hydrogens (tertiary/aromatic N) is 2. The fourth-order valence-electron chi connectivity index (χ4n) is 4.14. The van der Waals surface area contributed by atoms with Crippen LogP contribution < -0.4 is 9.64 Å². The zero-order valence-electron chi connectivity index (χ0n) is 21.7. The Morgan fingerprint density at radius 3 is 2.36 bits per heavy atom. The largest absolute Gasteiger partial charge is 0.507 e. The molecule has 1 aliphatic heterocycles. The number of carbonyl (C=O) groups excluding carboxylic acids is 4. The number of benzene rings is 2. The molecule has 2 heterocycles. The summed E-state index contributed by atoms with van der Waals surface area (Å²) < 4.78 is 15.2. The summed E-state index contributed by atoms with van der Waals surface area (Å²) in [6, 6.07) is 11.6. The van der Waals surface area contributed by atoms with Crippen molar-refractivity contribution in [2.75, 3.05) is 25.7 Å². The summed E-state index contributed by atoms with van der Waals surface area (Å²) in [5.74, 6) is -2.95. The molecule has 4 rings (SSSR count). The van der Waals surface area contributed by atoms with Crippen LogP contribution in [0.1, 0.15) is 56.2 Å². The number of aryl methyl sites for hydroxylation is 1. The summed E-state index contributed by atoms with van der Waals surface area (Å²) >= 11 is 0.895. The fourth-order valence-corrected chi connectivity index (χ4v) is 5.15. The van der Waals surface area contributed by atoms with Crippen LogP contribution in [-0.2, 0) is 19.1 Å². The van der Waals surface area contributed by atoms with Crippen LogP contribution in [0.3, 0.4) is 0 Å². The highest BCUT2D eigenvalue weighted by atomic mass is 32.1. The van der Waals surface area contributed by atoms with Gasteiger partial charge in [-0.3, -0.25) is 14.5 Å². The number of methoxy groups -OCH3 is 2. The first-order valence-corrected chi connectivity index (χ1v) is 12.8. The molecule has 1 aliphatic rings. The first-order chi connectivity index (χ1) is 18.7. The first-order valence-electron chi connectivity index (χ1n) is 12.0. The molecule has 1 N–H and O–H groups in total. The molecule has 0 spiro atoms. The number of rotatable bonds is 8. The molecule has 2 aromatic carbocycles. The Hall–Kier alpha value is -4.51. The molecule has 1 atom stereocenters. The second-order valence-corrected chi connectivity index (χ2v) is 9.54.